The molecule has 0 aliphatic carbocycles. The lowest BCUT2D eigenvalue weighted by atomic mass is 10.1. The van der Waals surface area contributed by atoms with Gasteiger partial charge in [-0.2, -0.15) is 0 Å². The normalized spacial score (nSPS) is 11.0. The minimum atomic E-state index is -1.02. The van der Waals surface area contributed by atoms with E-state index in [0.29, 0.717) is 0 Å². The molecule has 1 amide bonds. The van der Waals surface area contributed by atoms with E-state index in [4.69, 9.17) is 5.11 Å². The molecule has 0 aliphatic heterocycles. The van der Waals surface area contributed by atoms with E-state index in [1.165, 1.54) is 28.8 Å². The zero-order valence-corrected chi connectivity index (χ0v) is 14.9. The highest BCUT2D eigenvalue weighted by atomic mass is 32.1. The number of nitrogens with zero attached hydrogens (tertiary/aromatic N) is 3. The summed E-state index contributed by atoms with van der Waals surface area (Å²) < 4.78 is 1.90. The van der Waals surface area contributed by atoms with Crippen LogP contribution >= 0.6 is 11.3 Å². The maximum Gasteiger partial charge on any atom is 0.323 e. The van der Waals surface area contributed by atoms with Gasteiger partial charge in [0.05, 0.1) is 12.1 Å². The number of imidazole rings is 1. The third-order valence-corrected chi connectivity index (χ3v) is 4.96. The first-order valence-corrected chi connectivity index (χ1v) is 8.86. The summed E-state index contributed by atoms with van der Waals surface area (Å²) in [5.74, 6) is -1.25. The van der Waals surface area contributed by atoms with E-state index in [1.54, 1.807) is 0 Å². The number of aryl methyl sites for hydroxylation is 1. The molecule has 0 atom stereocenters. The van der Waals surface area contributed by atoms with Gasteiger partial charge in [0, 0.05) is 29.9 Å². The molecule has 2 aromatic heterocycles. The zero-order chi connectivity index (χ0) is 18.0. The van der Waals surface area contributed by atoms with E-state index < -0.39 is 5.97 Å². The predicted molar refractivity (Wildman–Crippen MR) is 96.9 cm³/mol. The monoisotopic (exact) mass is 357 g/mol. The van der Waals surface area contributed by atoms with Gasteiger partial charge in [0.1, 0.15) is 6.54 Å². The van der Waals surface area contributed by atoms with Crippen LogP contribution in [0.5, 0.6) is 0 Å². The molecule has 3 rings (SSSR count). The Bertz CT molecular complexity index is 911. The zero-order valence-electron chi connectivity index (χ0n) is 14.1. The smallest absolute Gasteiger partial charge is 0.323 e. The molecule has 25 heavy (non-hydrogen) atoms. The lowest BCUT2D eigenvalue weighted by Gasteiger charge is -2.13. The van der Waals surface area contributed by atoms with Gasteiger partial charge in [-0.1, -0.05) is 31.2 Å². The van der Waals surface area contributed by atoms with Crippen molar-refractivity contribution in [3.05, 3.63) is 47.1 Å². The molecule has 0 spiro atoms. The maximum absolute atomic E-state index is 12.2. The molecular weight excluding hydrogens is 338 g/mol. The summed E-state index contributed by atoms with van der Waals surface area (Å²) in [6.45, 7) is 1.82. The van der Waals surface area contributed by atoms with Crippen molar-refractivity contribution in [3.8, 4) is 11.3 Å². The lowest BCUT2D eigenvalue weighted by molar-refractivity contribution is -0.143. The number of aromatic nitrogens is 2. The first-order chi connectivity index (χ1) is 12.0. The second kappa shape index (κ2) is 7.06. The number of likely N-dealkylation sites (N-methyl/N-ethyl adjacent to an activating group) is 1. The number of benzene rings is 1. The van der Waals surface area contributed by atoms with Crippen molar-refractivity contribution >= 4 is 28.2 Å². The fraction of sp³-hybridized carbons (Fsp3) is 0.278. The van der Waals surface area contributed by atoms with Crippen molar-refractivity contribution in [2.24, 2.45) is 0 Å². The average Bonchev–Trinajstić information content (AvgIpc) is 3.16. The maximum atomic E-state index is 12.2. The molecule has 6 nitrogen and oxygen atoms in total. The van der Waals surface area contributed by atoms with E-state index in [2.05, 4.69) is 36.2 Å². The number of hydrogen-bond donors (Lipinski definition) is 1. The van der Waals surface area contributed by atoms with Gasteiger partial charge >= 0.3 is 5.97 Å². The van der Waals surface area contributed by atoms with Crippen LogP contribution in [-0.4, -0.2) is 44.9 Å². The van der Waals surface area contributed by atoms with Crippen LogP contribution in [0.15, 0.2) is 35.8 Å². The fourth-order valence-corrected chi connectivity index (χ4v) is 3.46. The van der Waals surface area contributed by atoms with Crippen LogP contribution in [0.3, 0.4) is 0 Å². The van der Waals surface area contributed by atoms with Gasteiger partial charge in [0.25, 0.3) is 0 Å². The molecule has 130 valence electrons. The molecule has 7 heteroatoms. The Hall–Kier alpha value is -2.67. The highest BCUT2D eigenvalue weighted by Gasteiger charge is 2.16. The Morgan fingerprint density at radius 2 is 2.00 bits per heavy atom. The van der Waals surface area contributed by atoms with Crippen LogP contribution in [0, 0.1) is 0 Å². The molecule has 0 aliphatic rings. The Labute approximate surface area is 149 Å². The van der Waals surface area contributed by atoms with Gasteiger partial charge in [-0.15, -0.1) is 11.3 Å². The molecule has 0 unspecified atom stereocenters. The summed E-state index contributed by atoms with van der Waals surface area (Å²) >= 11 is 1.47. The van der Waals surface area contributed by atoms with Crippen LogP contribution in [0.2, 0.25) is 0 Å². The summed E-state index contributed by atoms with van der Waals surface area (Å²) in [6, 6.07) is 8.29. The number of carbonyl (C=O) groups is 2. The third-order valence-electron chi connectivity index (χ3n) is 4.07. The molecule has 0 saturated heterocycles. The number of thiazole rings is 1. The summed E-state index contributed by atoms with van der Waals surface area (Å²) in [6.07, 6.45) is 3.07. The molecule has 1 N–H and O–H groups in total. The van der Waals surface area contributed by atoms with Crippen LogP contribution in [0.1, 0.15) is 18.2 Å². The van der Waals surface area contributed by atoms with E-state index in [0.717, 1.165) is 28.3 Å². The molecule has 0 radical (unpaired) electrons. The number of aliphatic carboxylic acids is 1. The van der Waals surface area contributed by atoms with Gasteiger partial charge in [-0.25, -0.2) is 4.98 Å². The van der Waals surface area contributed by atoms with E-state index in [-0.39, 0.29) is 18.9 Å². The SMILES string of the molecule is CCc1ccc(-c2cn3c(CC(=O)N(C)CC(=O)O)csc3n2)cc1. The minimum absolute atomic E-state index is 0.147. The second-order valence-electron chi connectivity index (χ2n) is 5.88. The fourth-order valence-electron chi connectivity index (χ4n) is 2.59. The highest BCUT2D eigenvalue weighted by Crippen LogP contribution is 2.24. The Morgan fingerprint density at radius 3 is 2.64 bits per heavy atom. The molecule has 0 saturated carbocycles. The molecule has 0 fully saturated rings. The summed E-state index contributed by atoms with van der Waals surface area (Å²) in [5.41, 5.74) is 3.99. The van der Waals surface area contributed by atoms with E-state index in [9.17, 15) is 9.59 Å². The predicted octanol–water partition coefficient (Wildman–Crippen LogP) is 2.71. The number of hydrogen-bond acceptors (Lipinski definition) is 4. The van der Waals surface area contributed by atoms with Gasteiger partial charge in [-0.05, 0) is 12.0 Å². The number of rotatable bonds is 6. The second-order valence-corrected chi connectivity index (χ2v) is 6.71. The van der Waals surface area contributed by atoms with Crippen molar-refractivity contribution < 1.29 is 14.7 Å². The largest absolute Gasteiger partial charge is 0.480 e. The van der Waals surface area contributed by atoms with Crippen LogP contribution in [-0.2, 0) is 22.4 Å². The number of fused-ring (bicyclic) bond motifs is 1. The molecule has 0 bridgehead atoms. The first-order valence-electron chi connectivity index (χ1n) is 7.98. The van der Waals surface area contributed by atoms with Gasteiger partial charge in [-0.3, -0.25) is 14.0 Å². The standard InChI is InChI=1S/C18H19N3O3S/c1-3-12-4-6-13(7-5-12)15-9-21-14(11-25-18(21)19-15)8-16(22)20(2)10-17(23)24/h4-7,9,11H,3,8,10H2,1-2H3,(H,23,24). The third kappa shape index (κ3) is 3.71. The van der Waals surface area contributed by atoms with Crippen molar-refractivity contribution in [2.45, 2.75) is 19.8 Å². The van der Waals surface area contributed by atoms with Crippen molar-refractivity contribution in [2.75, 3.05) is 13.6 Å². The van der Waals surface area contributed by atoms with E-state index >= 15 is 0 Å². The Balaban J connectivity index is 1.82. The van der Waals surface area contributed by atoms with Gasteiger partial charge in [0.15, 0.2) is 4.96 Å². The first kappa shape index (κ1) is 17.2. The molecular formula is C18H19N3O3S. The average molecular weight is 357 g/mol. The number of carboxylic acids is 1. The summed E-state index contributed by atoms with van der Waals surface area (Å²) in [4.78, 5) is 29.6. The van der Waals surface area contributed by atoms with E-state index in [1.807, 2.05) is 16.0 Å². The minimum Gasteiger partial charge on any atom is -0.480 e. The Kier molecular flexibility index (Phi) is 4.85. The van der Waals surface area contributed by atoms with Crippen molar-refractivity contribution in [1.29, 1.82) is 0 Å². The summed E-state index contributed by atoms with van der Waals surface area (Å²) in [7, 11) is 1.49. The molecule has 3 aromatic rings. The number of amides is 1. The van der Waals surface area contributed by atoms with Crippen molar-refractivity contribution in [3.63, 3.8) is 0 Å². The number of carboxylic acid groups (broad SMARTS) is 1. The highest BCUT2D eigenvalue weighted by molar-refractivity contribution is 7.15. The summed E-state index contributed by atoms with van der Waals surface area (Å²) in [5, 5.41) is 10.7. The van der Waals surface area contributed by atoms with Crippen LogP contribution < -0.4 is 0 Å². The quantitative estimate of drug-likeness (QED) is 0.736. The Morgan fingerprint density at radius 1 is 1.28 bits per heavy atom. The van der Waals surface area contributed by atoms with Gasteiger partial charge in [0.2, 0.25) is 5.91 Å². The van der Waals surface area contributed by atoms with Gasteiger partial charge < -0.3 is 10.0 Å². The van der Waals surface area contributed by atoms with Crippen molar-refractivity contribution in [1.82, 2.24) is 14.3 Å². The molecule has 1 aromatic carbocycles. The lowest BCUT2D eigenvalue weighted by Crippen LogP contribution is -2.33. The topological polar surface area (TPSA) is 74.9 Å². The molecule has 2 heterocycles. The van der Waals surface area contributed by atoms with Crippen LogP contribution in [0.4, 0.5) is 0 Å². The van der Waals surface area contributed by atoms with Crippen LogP contribution in [0.25, 0.3) is 16.2 Å². The number of carbonyl (C=O) groups excluding carboxylic acids is 1.